The fraction of sp³-hybridized carbons (Fsp3) is 0.417. The van der Waals surface area contributed by atoms with Crippen LogP contribution in [0.15, 0.2) is 10.7 Å². The number of pyridine rings is 1. The van der Waals surface area contributed by atoms with E-state index in [1.54, 1.807) is 11.7 Å². The van der Waals surface area contributed by atoms with Gasteiger partial charge in [-0.05, 0) is 27.2 Å². The average molecular weight is 382 g/mol. The SMILES string of the molecule is COCn1c(Cl)cc2c(Cl)c([Si](C)(C)C)c(Br)nc21. The van der Waals surface area contributed by atoms with E-state index < -0.39 is 8.07 Å². The van der Waals surface area contributed by atoms with Crippen LogP contribution in [-0.4, -0.2) is 24.7 Å². The number of fused-ring (bicyclic) bond motifs is 1. The van der Waals surface area contributed by atoms with E-state index in [2.05, 4.69) is 40.6 Å². The lowest BCUT2D eigenvalue weighted by Crippen LogP contribution is -2.40. The van der Waals surface area contributed by atoms with E-state index in [0.29, 0.717) is 11.9 Å². The first kappa shape index (κ1) is 15.3. The lowest BCUT2D eigenvalue weighted by Gasteiger charge is -2.20. The van der Waals surface area contributed by atoms with Crippen LogP contribution in [-0.2, 0) is 11.5 Å². The van der Waals surface area contributed by atoms with Crippen molar-refractivity contribution in [2.75, 3.05) is 7.11 Å². The second-order valence-electron chi connectivity index (χ2n) is 5.39. The first-order valence-electron chi connectivity index (χ1n) is 5.80. The minimum absolute atomic E-state index is 0.352. The van der Waals surface area contributed by atoms with Gasteiger partial charge in [0.2, 0.25) is 0 Å². The highest BCUT2D eigenvalue weighted by atomic mass is 79.9. The number of halogens is 3. The molecule has 2 aromatic heterocycles. The van der Waals surface area contributed by atoms with E-state index in [1.165, 1.54) is 0 Å². The molecule has 7 heteroatoms. The van der Waals surface area contributed by atoms with E-state index in [1.807, 2.05) is 6.07 Å². The van der Waals surface area contributed by atoms with Crippen LogP contribution in [0.3, 0.4) is 0 Å². The Morgan fingerprint density at radius 3 is 2.53 bits per heavy atom. The maximum Gasteiger partial charge on any atom is 0.145 e. The number of nitrogens with zero attached hydrogens (tertiary/aromatic N) is 2. The second kappa shape index (κ2) is 5.37. The van der Waals surface area contributed by atoms with Crippen LogP contribution in [0.4, 0.5) is 0 Å². The molecule has 0 saturated carbocycles. The topological polar surface area (TPSA) is 27.1 Å². The molecule has 0 aliphatic carbocycles. The number of hydrogen-bond acceptors (Lipinski definition) is 2. The molecular formula is C12H15BrCl2N2OSi. The molecule has 0 saturated heterocycles. The van der Waals surface area contributed by atoms with Crippen LogP contribution in [0.5, 0.6) is 0 Å². The second-order valence-corrected chi connectivity index (χ2v) is 11.9. The highest BCUT2D eigenvalue weighted by Crippen LogP contribution is 2.31. The maximum absolute atomic E-state index is 6.57. The third-order valence-electron chi connectivity index (χ3n) is 2.89. The van der Waals surface area contributed by atoms with Crippen molar-refractivity contribution < 1.29 is 4.74 Å². The molecule has 0 N–H and O–H groups in total. The van der Waals surface area contributed by atoms with Gasteiger partial charge in [-0.25, -0.2) is 4.98 Å². The zero-order valence-corrected chi connectivity index (χ0v) is 15.3. The van der Waals surface area contributed by atoms with Crippen molar-refractivity contribution in [2.24, 2.45) is 0 Å². The Morgan fingerprint density at radius 1 is 1.37 bits per heavy atom. The molecule has 0 aliphatic heterocycles. The lowest BCUT2D eigenvalue weighted by molar-refractivity contribution is 0.134. The van der Waals surface area contributed by atoms with Crippen LogP contribution < -0.4 is 5.19 Å². The first-order chi connectivity index (χ1) is 8.77. The number of ether oxygens (including phenoxy) is 1. The van der Waals surface area contributed by atoms with Gasteiger partial charge in [-0.15, -0.1) is 0 Å². The number of hydrogen-bond donors (Lipinski definition) is 0. The zero-order valence-electron chi connectivity index (χ0n) is 11.2. The highest BCUT2D eigenvalue weighted by Gasteiger charge is 2.27. The monoisotopic (exact) mass is 380 g/mol. The quantitative estimate of drug-likeness (QED) is 0.586. The summed E-state index contributed by atoms with van der Waals surface area (Å²) in [5.74, 6) is 0. The van der Waals surface area contributed by atoms with E-state index in [0.717, 1.165) is 25.8 Å². The molecule has 2 rings (SSSR count). The Kier molecular flexibility index (Phi) is 4.33. The van der Waals surface area contributed by atoms with Gasteiger partial charge in [-0.1, -0.05) is 42.8 Å². The summed E-state index contributed by atoms with van der Waals surface area (Å²) in [7, 11) is 0.0291. The van der Waals surface area contributed by atoms with Gasteiger partial charge in [0.15, 0.2) is 0 Å². The molecule has 0 radical (unpaired) electrons. The summed E-state index contributed by atoms with van der Waals surface area (Å²) in [5.41, 5.74) is 0.741. The van der Waals surface area contributed by atoms with Gasteiger partial charge in [0.05, 0.1) is 13.1 Å². The van der Waals surface area contributed by atoms with Crippen LogP contribution >= 0.6 is 39.1 Å². The Hall–Kier alpha value is -0.0731. The summed E-state index contributed by atoms with van der Waals surface area (Å²) in [6.45, 7) is 7.06. The fourth-order valence-electron chi connectivity index (χ4n) is 2.05. The van der Waals surface area contributed by atoms with E-state index in [4.69, 9.17) is 27.9 Å². The van der Waals surface area contributed by atoms with Crippen molar-refractivity contribution in [2.45, 2.75) is 26.4 Å². The van der Waals surface area contributed by atoms with Crippen LogP contribution in [0, 0.1) is 0 Å². The summed E-state index contributed by atoms with van der Waals surface area (Å²) in [6.07, 6.45) is 0. The predicted molar refractivity (Wildman–Crippen MR) is 87.4 cm³/mol. The predicted octanol–water partition coefficient (Wildman–Crippen LogP) is 4.25. The molecule has 0 atom stereocenters. The van der Waals surface area contributed by atoms with Crippen LogP contribution in [0.1, 0.15) is 0 Å². The van der Waals surface area contributed by atoms with Crippen molar-refractivity contribution in [3.63, 3.8) is 0 Å². The zero-order chi connectivity index (χ0) is 14.4. The van der Waals surface area contributed by atoms with E-state index in [-0.39, 0.29) is 0 Å². The number of rotatable bonds is 3. The minimum atomic E-state index is -1.59. The van der Waals surface area contributed by atoms with Gasteiger partial charge in [0.25, 0.3) is 0 Å². The van der Waals surface area contributed by atoms with Gasteiger partial charge in [0.1, 0.15) is 22.1 Å². The maximum atomic E-state index is 6.57. The van der Waals surface area contributed by atoms with Crippen molar-refractivity contribution in [3.05, 3.63) is 20.8 Å². The Bertz CT molecular complexity index is 637. The van der Waals surface area contributed by atoms with Crippen molar-refractivity contribution in [1.82, 2.24) is 9.55 Å². The summed E-state index contributed by atoms with van der Waals surface area (Å²) < 4.78 is 7.74. The summed E-state index contributed by atoms with van der Waals surface area (Å²) in [4.78, 5) is 4.61. The Labute approximate surface area is 132 Å². The van der Waals surface area contributed by atoms with Crippen LogP contribution in [0.2, 0.25) is 29.8 Å². The third kappa shape index (κ3) is 2.71. The minimum Gasteiger partial charge on any atom is -0.364 e. The molecule has 0 aliphatic rings. The smallest absolute Gasteiger partial charge is 0.145 e. The number of methoxy groups -OCH3 is 1. The van der Waals surface area contributed by atoms with E-state index >= 15 is 0 Å². The van der Waals surface area contributed by atoms with Gasteiger partial charge < -0.3 is 4.74 Å². The first-order valence-corrected chi connectivity index (χ1v) is 10.9. The summed E-state index contributed by atoms with van der Waals surface area (Å²) >= 11 is 16.3. The molecular weight excluding hydrogens is 367 g/mol. The molecule has 104 valence electrons. The van der Waals surface area contributed by atoms with Gasteiger partial charge in [-0.2, -0.15) is 0 Å². The third-order valence-corrected chi connectivity index (χ3v) is 6.68. The molecule has 0 fully saturated rings. The highest BCUT2D eigenvalue weighted by molar-refractivity contribution is 9.10. The molecule has 2 aromatic rings. The standard InChI is InChI=1S/C12H15BrCl2N2OSi/c1-18-6-17-8(14)5-7-9(15)10(19(2,3)4)11(13)16-12(7)17/h5H,6H2,1-4H3. The van der Waals surface area contributed by atoms with Crippen molar-refractivity contribution >= 4 is 63.4 Å². The molecule has 0 amide bonds. The van der Waals surface area contributed by atoms with E-state index in [9.17, 15) is 0 Å². The molecule has 2 heterocycles. The molecule has 19 heavy (non-hydrogen) atoms. The van der Waals surface area contributed by atoms with Crippen molar-refractivity contribution in [3.8, 4) is 0 Å². The summed E-state index contributed by atoms with van der Waals surface area (Å²) in [6, 6.07) is 1.85. The molecule has 3 nitrogen and oxygen atoms in total. The molecule has 0 spiro atoms. The van der Waals surface area contributed by atoms with Crippen molar-refractivity contribution in [1.29, 1.82) is 0 Å². The lowest BCUT2D eigenvalue weighted by atomic mass is 10.3. The van der Waals surface area contributed by atoms with Gasteiger partial charge in [-0.3, -0.25) is 4.57 Å². The average Bonchev–Trinajstić information content (AvgIpc) is 2.56. The van der Waals surface area contributed by atoms with Crippen LogP contribution in [0.25, 0.3) is 11.0 Å². The summed E-state index contributed by atoms with van der Waals surface area (Å²) in [5, 5.41) is 3.32. The van der Waals surface area contributed by atoms with Gasteiger partial charge >= 0.3 is 0 Å². The largest absolute Gasteiger partial charge is 0.364 e. The Balaban J connectivity index is 2.81. The van der Waals surface area contributed by atoms with Gasteiger partial charge in [0, 0.05) is 12.5 Å². The molecule has 0 bridgehead atoms. The normalized spacial score (nSPS) is 12.4. The molecule has 0 unspecified atom stereocenters. The fourth-order valence-corrected chi connectivity index (χ4v) is 7.10. The number of aromatic nitrogens is 2. The molecule has 0 aromatic carbocycles. The Morgan fingerprint density at radius 2 is 2.00 bits per heavy atom.